The minimum absolute atomic E-state index is 0.0251. The number of imide groups is 1. The fourth-order valence-electron chi connectivity index (χ4n) is 3.44. The topological polar surface area (TPSA) is 97.0 Å². The van der Waals surface area contributed by atoms with Gasteiger partial charge in [0, 0.05) is 52.4 Å². The number of fused-ring (bicyclic) bond motifs is 1. The van der Waals surface area contributed by atoms with Gasteiger partial charge in [0.1, 0.15) is 5.65 Å². The molecule has 0 fully saturated rings. The van der Waals surface area contributed by atoms with E-state index in [1.807, 2.05) is 36.6 Å². The number of carbonyl (C=O) groups is 2. The van der Waals surface area contributed by atoms with Gasteiger partial charge in [0.05, 0.1) is 7.11 Å². The minimum Gasteiger partial charge on any atom is -0.494 e. The molecule has 32 heavy (non-hydrogen) atoms. The van der Waals surface area contributed by atoms with E-state index in [0.717, 1.165) is 39.5 Å². The fourth-order valence-corrected chi connectivity index (χ4v) is 3.44. The Hall–Kier alpha value is -4.33. The largest absolute Gasteiger partial charge is 0.494 e. The molecular weight excluding hydrogens is 411 g/mol. The van der Waals surface area contributed by atoms with Crippen LogP contribution in [0.1, 0.15) is 11.3 Å². The van der Waals surface area contributed by atoms with Crippen LogP contribution in [0.15, 0.2) is 55.0 Å². The molecular formula is C24H19FN4O3. The Bertz CT molecular complexity index is 1360. The number of carbonyl (C=O) groups excluding carboxylic acids is 2. The number of amides is 2. The average Bonchev–Trinajstić information content (AvgIpc) is 3.22. The SMILES string of the molecule is COc1cc(-c2cnc3[nH]cc(-c4ccnc(C)c4)c3c2)cc(C=CC(=O)NC=O)c1F. The summed E-state index contributed by atoms with van der Waals surface area (Å²) >= 11 is 0. The first-order chi connectivity index (χ1) is 15.5. The lowest BCUT2D eigenvalue weighted by Crippen LogP contribution is -2.18. The third kappa shape index (κ3) is 4.11. The smallest absolute Gasteiger partial charge is 0.250 e. The Kier molecular flexibility index (Phi) is 5.76. The minimum atomic E-state index is -0.656. The van der Waals surface area contributed by atoms with Crippen LogP contribution in [0.3, 0.4) is 0 Å². The summed E-state index contributed by atoms with van der Waals surface area (Å²) < 4.78 is 19.9. The molecule has 0 saturated heterocycles. The summed E-state index contributed by atoms with van der Waals surface area (Å²) in [5.41, 5.74) is 5.14. The second-order valence-electron chi connectivity index (χ2n) is 7.05. The lowest BCUT2D eigenvalue weighted by Gasteiger charge is -2.10. The first-order valence-corrected chi connectivity index (χ1v) is 9.70. The maximum absolute atomic E-state index is 14.7. The van der Waals surface area contributed by atoms with E-state index in [0.29, 0.717) is 5.56 Å². The molecule has 0 spiro atoms. The quantitative estimate of drug-likeness (QED) is 0.356. The van der Waals surface area contributed by atoms with Gasteiger partial charge in [0.2, 0.25) is 12.3 Å². The van der Waals surface area contributed by atoms with Crippen molar-refractivity contribution in [1.29, 1.82) is 0 Å². The molecule has 7 nitrogen and oxygen atoms in total. The van der Waals surface area contributed by atoms with Gasteiger partial charge in [-0.2, -0.15) is 0 Å². The van der Waals surface area contributed by atoms with Gasteiger partial charge < -0.3 is 9.72 Å². The Morgan fingerprint density at radius 2 is 2.00 bits per heavy atom. The van der Waals surface area contributed by atoms with Crippen molar-refractivity contribution in [1.82, 2.24) is 20.3 Å². The van der Waals surface area contributed by atoms with Crippen LogP contribution in [-0.4, -0.2) is 34.4 Å². The lowest BCUT2D eigenvalue weighted by atomic mass is 10.00. The first kappa shape index (κ1) is 20.9. The van der Waals surface area contributed by atoms with Gasteiger partial charge in [-0.1, -0.05) is 0 Å². The van der Waals surface area contributed by atoms with Crippen LogP contribution < -0.4 is 10.1 Å². The summed E-state index contributed by atoms with van der Waals surface area (Å²) in [5, 5.41) is 2.88. The van der Waals surface area contributed by atoms with Gasteiger partial charge in [-0.3, -0.25) is 19.9 Å². The van der Waals surface area contributed by atoms with E-state index in [4.69, 9.17) is 4.74 Å². The number of aryl methyl sites for hydroxylation is 1. The number of nitrogens with one attached hydrogen (secondary N) is 2. The van der Waals surface area contributed by atoms with Crippen molar-refractivity contribution in [3.05, 3.63) is 72.1 Å². The van der Waals surface area contributed by atoms with Crippen molar-refractivity contribution in [2.75, 3.05) is 7.11 Å². The van der Waals surface area contributed by atoms with Crippen LogP contribution in [0.5, 0.6) is 5.75 Å². The Balaban J connectivity index is 1.81. The molecule has 3 aromatic heterocycles. The molecule has 0 aliphatic carbocycles. The second-order valence-corrected chi connectivity index (χ2v) is 7.05. The maximum atomic E-state index is 14.7. The van der Waals surface area contributed by atoms with Crippen molar-refractivity contribution >= 4 is 29.4 Å². The normalized spacial score (nSPS) is 11.1. The number of pyridine rings is 2. The monoisotopic (exact) mass is 430 g/mol. The Morgan fingerprint density at radius 3 is 2.75 bits per heavy atom. The van der Waals surface area contributed by atoms with E-state index in [9.17, 15) is 14.0 Å². The molecule has 2 amide bonds. The van der Waals surface area contributed by atoms with Gasteiger partial charge >= 0.3 is 0 Å². The molecule has 2 N–H and O–H groups in total. The molecule has 3 heterocycles. The summed E-state index contributed by atoms with van der Waals surface area (Å²) in [6, 6.07) is 9.04. The van der Waals surface area contributed by atoms with E-state index in [1.165, 1.54) is 13.2 Å². The number of halogens is 1. The summed E-state index contributed by atoms with van der Waals surface area (Å²) in [6.07, 6.45) is 7.95. The van der Waals surface area contributed by atoms with Crippen LogP contribution >= 0.6 is 0 Å². The number of hydrogen-bond donors (Lipinski definition) is 2. The average molecular weight is 430 g/mol. The van der Waals surface area contributed by atoms with E-state index in [-0.39, 0.29) is 17.7 Å². The molecule has 160 valence electrons. The molecule has 4 rings (SSSR count). The molecule has 8 heteroatoms. The molecule has 0 bridgehead atoms. The molecule has 0 saturated carbocycles. The second kappa shape index (κ2) is 8.81. The number of rotatable bonds is 6. The van der Waals surface area contributed by atoms with Crippen molar-refractivity contribution in [2.24, 2.45) is 0 Å². The molecule has 0 unspecified atom stereocenters. The highest BCUT2D eigenvalue weighted by Crippen LogP contribution is 2.34. The molecule has 0 radical (unpaired) electrons. The van der Waals surface area contributed by atoms with E-state index >= 15 is 0 Å². The van der Waals surface area contributed by atoms with Crippen molar-refractivity contribution in [3.8, 4) is 28.0 Å². The van der Waals surface area contributed by atoms with Crippen LogP contribution in [0.2, 0.25) is 0 Å². The van der Waals surface area contributed by atoms with Crippen LogP contribution in [0.25, 0.3) is 39.4 Å². The summed E-state index contributed by atoms with van der Waals surface area (Å²) in [7, 11) is 1.37. The summed E-state index contributed by atoms with van der Waals surface area (Å²) in [4.78, 5) is 33.9. The highest BCUT2D eigenvalue weighted by Gasteiger charge is 2.14. The maximum Gasteiger partial charge on any atom is 0.250 e. The first-order valence-electron chi connectivity index (χ1n) is 9.70. The van der Waals surface area contributed by atoms with Gasteiger partial charge in [0.15, 0.2) is 11.6 Å². The van der Waals surface area contributed by atoms with Gasteiger partial charge in [-0.25, -0.2) is 9.37 Å². The van der Waals surface area contributed by atoms with Crippen molar-refractivity contribution < 1.29 is 18.7 Å². The zero-order valence-corrected chi connectivity index (χ0v) is 17.3. The zero-order chi connectivity index (χ0) is 22.7. The predicted molar refractivity (Wildman–Crippen MR) is 119 cm³/mol. The van der Waals surface area contributed by atoms with Gasteiger partial charge in [-0.05, 0) is 54.5 Å². The molecule has 1 aromatic carbocycles. The standard InChI is InChI=1S/C24H19FN4O3/c1-14-7-15(5-6-26-14)20-12-28-24-19(20)9-18(11-27-24)17-8-16(3-4-22(31)29-13-30)23(25)21(10-17)32-2/h3-13H,1-2H3,(H,27,28)(H,29,30,31). The Labute approximate surface area is 183 Å². The van der Waals surface area contributed by atoms with Crippen LogP contribution in [0, 0.1) is 12.7 Å². The molecule has 0 aliphatic heterocycles. The van der Waals surface area contributed by atoms with Crippen LogP contribution in [-0.2, 0) is 9.59 Å². The molecule has 0 atom stereocenters. The number of hydrogen-bond acceptors (Lipinski definition) is 5. The number of ether oxygens (including phenoxy) is 1. The Morgan fingerprint density at radius 1 is 1.16 bits per heavy atom. The fraction of sp³-hybridized carbons (Fsp3) is 0.0833. The zero-order valence-electron chi connectivity index (χ0n) is 17.3. The highest BCUT2D eigenvalue weighted by molar-refractivity contribution is 5.98. The van der Waals surface area contributed by atoms with E-state index in [2.05, 4.69) is 15.0 Å². The summed E-state index contributed by atoms with van der Waals surface area (Å²) in [5.74, 6) is -1.25. The number of nitrogens with zero attached hydrogens (tertiary/aromatic N) is 2. The van der Waals surface area contributed by atoms with E-state index < -0.39 is 11.7 Å². The van der Waals surface area contributed by atoms with Crippen LogP contribution in [0.4, 0.5) is 4.39 Å². The highest BCUT2D eigenvalue weighted by atomic mass is 19.1. The van der Waals surface area contributed by atoms with Gasteiger partial charge in [-0.15, -0.1) is 0 Å². The number of aromatic nitrogens is 3. The van der Waals surface area contributed by atoms with E-state index in [1.54, 1.807) is 24.5 Å². The van der Waals surface area contributed by atoms with Crippen molar-refractivity contribution in [2.45, 2.75) is 6.92 Å². The number of aromatic amines is 1. The summed E-state index contributed by atoms with van der Waals surface area (Å²) in [6.45, 7) is 1.93. The van der Waals surface area contributed by atoms with Crippen molar-refractivity contribution in [3.63, 3.8) is 0 Å². The molecule has 4 aromatic rings. The third-order valence-electron chi connectivity index (χ3n) is 4.97. The lowest BCUT2D eigenvalue weighted by molar-refractivity contribution is -0.121. The molecule has 0 aliphatic rings. The number of benzene rings is 1. The number of H-pyrrole nitrogens is 1. The van der Waals surface area contributed by atoms with Gasteiger partial charge in [0.25, 0.3) is 0 Å². The third-order valence-corrected chi connectivity index (χ3v) is 4.97. The predicted octanol–water partition coefficient (Wildman–Crippen LogP) is 4.03. The number of methoxy groups -OCH3 is 1.